The lowest BCUT2D eigenvalue weighted by Crippen LogP contribution is -2.13. The van der Waals surface area contributed by atoms with E-state index in [1.807, 2.05) is 0 Å². The van der Waals surface area contributed by atoms with Gasteiger partial charge in [-0.15, -0.1) is 0 Å². The Balaban J connectivity index is 2.24. The monoisotopic (exact) mass is 232 g/mol. The van der Waals surface area contributed by atoms with Crippen LogP contribution in [0, 0.1) is 0 Å². The van der Waals surface area contributed by atoms with Gasteiger partial charge in [-0.25, -0.2) is 0 Å². The number of hydrogen-bond donors (Lipinski definition) is 3. The van der Waals surface area contributed by atoms with Gasteiger partial charge in [0.1, 0.15) is 5.75 Å². The van der Waals surface area contributed by atoms with Crippen LogP contribution in [0.3, 0.4) is 0 Å². The third-order valence-electron chi connectivity index (χ3n) is 2.26. The average molecular weight is 232 g/mol. The Bertz CT molecular complexity index is 522. The van der Waals surface area contributed by atoms with Crippen LogP contribution in [0.4, 0.5) is 11.4 Å². The Labute approximate surface area is 97.8 Å². The molecule has 0 bridgehead atoms. The summed E-state index contributed by atoms with van der Waals surface area (Å²) in [7, 11) is 1.53. The van der Waals surface area contributed by atoms with Crippen molar-refractivity contribution in [1.82, 2.24) is 10.2 Å². The highest BCUT2D eigenvalue weighted by Gasteiger charge is 2.11. The topological polar surface area (TPSA) is 93.0 Å². The van der Waals surface area contributed by atoms with Gasteiger partial charge in [0, 0.05) is 11.9 Å². The summed E-state index contributed by atoms with van der Waals surface area (Å²) >= 11 is 0. The summed E-state index contributed by atoms with van der Waals surface area (Å²) in [5.41, 5.74) is 7.08. The van der Waals surface area contributed by atoms with Gasteiger partial charge >= 0.3 is 0 Å². The molecule has 17 heavy (non-hydrogen) atoms. The zero-order valence-corrected chi connectivity index (χ0v) is 9.23. The normalized spacial score (nSPS) is 9.94. The Morgan fingerprint density at radius 1 is 1.53 bits per heavy atom. The molecule has 0 unspecified atom stereocenters. The van der Waals surface area contributed by atoms with Crippen molar-refractivity contribution in [2.24, 2.45) is 0 Å². The summed E-state index contributed by atoms with van der Waals surface area (Å²) in [6.45, 7) is 0. The van der Waals surface area contributed by atoms with Gasteiger partial charge in [-0.3, -0.25) is 9.89 Å². The van der Waals surface area contributed by atoms with Crippen LogP contribution in [0.15, 0.2) is 30.6 Å². The summed E-state index contributed by atoms with van der Waals surface area (Å²) in [6.07, 6.45) is 3.09. The minimum atomic E-state index is -0.303. The van der Waals surface area contributed by atoms with E-state index in [-0.39, 0.29) is 5.91 Å². The van der Waals surface area contributed by atoms with Gasteiger partial charge < -0.3 is 15.8 Å². The zero-order valence-electron chi connectivity index (χ0n) is 9.23. The van der Waals surface area contributed by atoms with E-state index in [1.54, 1.807) is 24.4 Å². The maximum Gasteiger partial charge on any atom is 0.257 e. The van der Waals surface area contributed by atoms with Crippen LogP contribution < -0.4 is 15.8 Å². The number of benzene rings is 1. The number of nitrogens with two attached hydrogens (primary N) is 1. The van der Waals surface area contributed by atoms with E-state index in [4.69, 9.17) is 10.5 Å². The minimum absolute atomic E-state index is 0.303. The van der Waals surface area contributed by atoms with Crippen molar-refractivity contribution in [2.45, 2.75) is 0 Å². The van der Waals surface area contributed by atoms with Gasteiger partial charge in [-0.2, -0.15) is 5.10 Å². The molecule has 1 aromatic heterocycles. The van der Waals surface area contributed by atoms with E-state index in [1.165, 1.54) is 13.3 Å². The molecule has 1 heterocycles. The molecule has 6 heteroatoms. The summed E-state index contributed by atoms with van der Waals surface area (Å²) in [4.78, 5) is 11.9. The first kappa shape index (κ1) is 11.0. The van der Waals surface area contributed by atoms with E-state index < -0.39 is 0 Å². The highest BCUT2D eigenvalue weighted by Crippen LogP contribution is 2.20. The zero-order chi connectivity index (χ0) is 12.3. The van der Waals surface area contributed by atoms with Gasteiger partial charge in [0.15, 0.2) is 0 Å². The molecule has 0 saturated heterocycles. The SMILES string of the molecule is COc1ccc(N)c(C(=O)Nc2cn[nH]c2)c1. The van der Waals surface area contributed by atoms with Crippen LogP contribution in [0.5, 0.6) is 5.75 Å². The average Bonchev–Trinajstić information content (AvgIpc) is 2.82. The van der Waals surface area contributed by atoms with E-state index in [0.717, 1.165) is 0 Å². The van der Waals surface area contributed by atoms with Crippen LogP contribution >= 0.6 is 0 Å². The number of rotatable bonds is 3. The summed E-state index contributed by atoms with van der Waals surface area (Å²) in [6, 6.07) is 4.91. The number of aromatic nitrogens is 2. The quantitative estimate of drug-likeness (QED) is 0.694. The van der Waals surface area contributed by atoms with Crippen molar-refractivity contribution in [3.8, 4) is 5.75 Å². The van der Waals surface area contributed by atoms with Crippen LogP contribution in [0.25, 0.3) is 0 Å². The molecule has 2 rings (SSSR count). The lowest BCUT2D eigenvalue weighted by molar-refractivity contribution is 0.102. The number of carbonyl (C=O) groups is 1. The van der Waals surface area contributed by atoms with Crippen molar-refractivity contribution >= 4 is 17.3 Å². The van der Waals surface area contributed by atoms with Crippen molar-refractivity contribution in [3.63, 3.8) is 0 Å². The second-order valence-electron chi connectivity index (χ2n) is 3.39. The maximum absolute atomic E-state index is 11.9. The molecule has 2 aromatic rings. The maximum atomic E-state index is 11.9. The van der Waals surface area contributed by atoms with Crippen molar-refractivity contribution in [1.29, 1.82) is 0 Å². The van der Waals surface area contributed by atoms with Crippen LogP contribution in [-0.4, -0.2) is 23.2 Å². The van der Waals surface area contributed by atoms with Gasteiger partial charge in [0.2, 0.25) is 0 Å². The fraction of sp³-hybridized carbons (Fsp3) is 0.0909. The predicted octanol–water partition coefficient (Wildman–Crippen LogP) is 1.25. The number of H-pyrrole nitrogens is 1. The number of methoxy groups -OCH3 is 1. The van der Waals surface area contributed by atoms with Crippen molar-refractivity contribution in [2.75, 3.05) is 18.2 Å². The van der Waals surface area contributed by atoms with Gasteiger partial charge in [0.05, 0.1) is 24.6 Å². The molecule has 0 saturated carbocycles. The molecule has 0 radical (unpaired) electrons. The lowest BCUT2D eigenvalue weighted by atomic mass is 10.1. The highest BCUT2D eigenvalue weighted by molar-refractivity contribution is 6.07. The summed E-state index contributed by atoms with van der Waals surface area (Å²) in [5.74, 6) is 0.277. The van der Waals surface area contributed by atoms with Crippen LogP contribution in [0.2, 0.25) is 0 Å². The second kappa shape index (κ2) is 4.56. The van der Waals surface area contributed by atoms with E-state index >= 15 is 0 Å². The molecule has 0 atom stereocenters. The molecule has 0 aliphatic rings. The van der Waals surface area contributed by atoms with Gasteiger partial charge in [-0.1, -0.05) is 0 Å². The molecular formula is C11H12N4O2. The smallest absolute Gasteiger partial charge is 0.257 e. The summed E-state index contributed by atoms with van der Waals surface area (Å²) < 4.78 is 5.04. The molecule has 1 amide bonds. The number of hydrogen-bond acceptors (Lipinski definition) is 4. The molecule has 0 aliphatic heterocycles. The van der Waals surface area contributed by atoms with E-state index in [2.05, 4.69) is 15.5 Å². The second-order valence-corrected chi connectivity index (χ2v) is 3.39. The minimum Gasteiger partial charge on any atom is -0.497 e. The largest absolute Gasteiger partial charge is 0.497 e. The lowest BCUT2D eigenvalue weighted by Gasteiger charge is -2.07. The molecule has 0 fully saturated rings. The number of carbonyl (C=O) groups excluding carboxylic acids is 1. The molecule has 1 aromatic carbocycles. The Morgan fingerprint density at radius 3 is 3.00 bits per heavy atom. The van der Waals surface area contributed by atoms with Gasteiger partial charge in [-0.05, 0) is 18.2 Å². The molecule has 88 valence electrons. The van der Waals surface area contributed by atoms with Crippen molar-refractivity contribution in [3.05, 3.63) is 36.2 Å². The Kier molecular flexibility index (Phi) is 2.95. The number of aromatic amines is 1. The highest BCUT2D eigenvalue weighted by atomic mass is 16.5. The fourth-order valence-corrected chi connectivity index (χ4v) is 1.38. The van der Waals surface area contributed by atoms with Crippen molar-refractivity contribution < 1.29 is 9.53 Å². The first-order valence-corrected chi connectivity index (χ1v) is 4.94. The Morgan fingerprint density at radius 2 is 2.35 bits per heavy atom. The van der Waals surface area contributed by atoms with E-state index in [0.29, 0.717) is 22.7 Å². The third kappa shape index (κ3) is 2.36. The fourth-order valence-electron chi connectivity index (χ4n) is 1.38. The first-order chi connectivity index (χ1) is 8.20. The molecule has 0 spiro atoms. The number of anilines is 2. The molecular weight excluding hydrogens is 220 g/mol. The molecule has 6 nitrogen and oxygen atoms in total. The standard InChI is InChI=1S/C11H12N4O2/c1-17-8-2-3-10(12)9(4-8)11(16)15-7-5-13-14-6-7/h2-6H,12H2,1H3,(H,13,14)(H,15,16). The number of ether oxygens (including phenoxy) is 1. The number of nitrogens with zero attached hydrogens (tertiary/aromatic N) is 1. The van der Waals surface area contributed by atoms with E-state index in [9.17, 15) is 4.79 Å². The number of amides is 1. The number of nitrogen functional groups attached to an aromatic ring is 1. The van der Waals surface area contributed by atoms with Gasteiger partial charge in [0.25, 0.3) is 5.91 Å². The molecule has 4 N–H and O–H groups in total. The van der Waals surface area contributed by atoms with Crippen LogP contribution in [-0.2, 0) is 0 Å². The van der Waals surface area contributed by atoms with Crippen LogP contribution in [0.1, 0.15) is 10.4 Å². The Hall–Kier alpha value is -2.50. The molecule has 0 aliphatic carbocycles. The third-order valence-corrected chi connectivity index (χ3v) is 2.26. The first-order valence-electron chi connectivity index (χ1n) is 4.94. The number of nitrogens with one attached hydrogen (secondary N) is 2. The summed E-state index contributed by atoms with van der Waals surface area (Å²) in [5, 5.41) is 8.99. The predicted molar refractivity (Wildman–Crippen MR) is 63.9 cm³/mol.